The van der Waals surface area contributed by atoms with Crippen molar-refractivity contribution in [2.45, 2.75) is 18.2 Å². The standard InChI is InChI=1S/C26H20Cl2F3N5O3S/c1-15-33-24(27)25-34(15)21-11-8-18(17-4-3-5-20(12-17)40(2,37)38)13-22(21)35(36(25)28)23(14-32)16-6-9-19(10-7-16)39-26(29,30)31/h3-14H,32H2,1-2H3/b23-14-. The number of benzene rings is 3. The van der Waals surface area contributed by atoms with E-state index in [-0.39, 0.29) is 10.0 Å². The smallest absolute Gasteiger partial charge is 0.406 e. The summed E-state index contributed by atoms with van der Waals surface area (Å²) >= 11 is 13.3. The minimum Gasteiger partial charge on any atom is -0.406 e. The van der Waals surface area contributed by atoms with Crippen LogP contribution in [0.15, 0.2) is 77.8 Å². The van der Waals surface area contributed by atoms with Crippen molar-refractivity contribution in [3.05, 3.63) is 89.5 Å². The molecule has 0 amide bonds. The molecule has 14 heteroatoms. The van der Waals surface area contributed by atoms with Gasteiger partial charge >= 0.3 is 6.36 Å². The van der Waals surface area contributed by atoms with Crippen molar-refractivity contribution >= 4 is 50.4 Å². The van der Waals surface area contributed by atoms with Gasteiger partial charge in [-0.15, -0.1) is 13.2 Å². The Hall–Kier alpha value is -3.87. The summed E-state index contributed by atoms with van der Waals surface area (Å²) in [5.74, 6) is 0.459. The second kappa shape index (κ2) is 9.95. The van der Waals surface area contributed by atoms with Crippen LogP contribution in [0.3, 0.4) is 0 Å². The molecule has 40 heavy (non-hydrogen) atoms. The van der Waals surface area contributed by atoms with Crippen LogP contribution in [0.1, 0.15) is 11.4 Å². The number of hydrogen-bond acceptors (Lipinski definition) is 7. The number of hydrogen-bond donors (Lipinski definition) is 1. The van der Waals surface area contributed by atoms with Crippen molar-refractivity contribution in [2.24, 2.45) is 5.73 Å². The number of imidazole rings is 1. The van der Waals surface area contributed by atoms with Gasteiger partial charge in [-0.3, -0.25) is 4.57 Å². The summed E-state index contributed by atoms with van der Waals surface area (Å²) < 4.78 is 69.3. The van der Waals surface area contributed by atoms with Gasteiger partial charge in [0, 0.05) is 29.8 Å². The number of aromatic nitrogens is 2. The number of halogens is 5. The van der Waals surface area contributed by atoms with Gasteiger partial charge in [-0.25, -0.2) is 18.4 Å². The second-order valence-electron chi connectivity index (χ2n) is 8.81. The normalized spacial score (nSPS) is 13.7. The molecular weight excluding hydrogens is 590 g/mol. The molecule has 4 aromatic rings. The lowest BCUT2D eigenvalue weighted by molar-refractivity contribution is -0.274. The SMILES string of the molecule is Cc1nc(Cl)c2n1-c1ccc(-c3cccc(S(C)(=O)=O)c3)cc1N(/C(=C\N)c1ccc(OC(F)(F)F)cc1)N2Cl. The van der Waals surface area contributed by atoms with E-state index in [1.54, 1.807) is 41.8 Å². The zero-order valence-electron chi connectivity index (χ0n) is 20.8. The molecule has 0 radical (unpaired) electrons. The number of hydrazine groups is 1. The Morgan fingerprint density at radius 2 is 1.70 bits per heavy atom. The summed E-state index contributed by atoms with van der Waals surface area (Å²) in [4.78, 5) is 4.49. The van der Waals surface area contributed by atoms with Crippen LogP contribution in [0.25, 0.3) is 22.5 Å². The number of anilines is 2. The van der Waals surface area contributed by atoms with E-state index in [4.69, 9.17) is 29.1 Å². The lowest BCUT2D eigenvalue weighted by atomic mass is 10.0. The van der Waals surface area contributed by atoms with Gasteiger partial charge in [0.05, 0.1) is 22.0 Å². The maximum absolute atomic E-state index is 12.7. The van der Waals surface area contributed by atoms with Gasteiger partial charge < -0.3 is 10.5 Å². The molecule has 0 aliphatic carbocycles. The topological polar surface area (TPSA) is 93.7 Å². The Morgan fingerprint density at radius 3 is 2.33 bits per heavy atom. The van der Waals surface area contributed by atoms with Crippen molar-refractivity contribution in [1.29, 1.82) is 0 Å². The van der Waals surface area contributed by atoms with Crippen LogP contribution in [0.5, 0.6) is 5.75 Å². The third kappa shape index (κ3) is 5.05. The summed E-state index contributed by atoms with van der Waals surface area (Å²) in [5, 5.41) is 1.64. The van der Waals surface area contributed by atoms with Gasteiger partial charge in [-0.1, -0.05) is 29.8 Å². The third-order valence-corrected chi connectivity index (χ3v) is 7.82. The van der Waals surface area contributed by atoms with Crippen LogP contribution >= 0.6 is 23.4 Å². The maximum Gasteiger partial charge on any atom is 0.573 e. The zero-order chi connectivity index (χ0) is 29.0. The summed E-state index contributed by atoms with van der Waals surface area (Å²) in [6, 6.07) is 17.0. The molecule has 0 bridgehead atoms. The molecule has 0 atom stereocenters. The fourth-order valence-corrected chi connectivity index (χ4v) is 5.75. The minimum atomic E-state index is -4.84. The molecule has 1 aliphatic rings. The molecule has 1 aliphatic heterocycles. The molecule has 0 spiro atoms. The Labute approximate surface area is 237 Å². The number of rotatable bonds is 5. The van der Waals surface area contributed by atoms with E-state index in [0.717, 1.165) is 18.4 Å². The molecule has 0 saturated carbocycles. The molecule has 0 fully saturated rings. The summed E-state index contributed by atoms with van der Waals surface area (Å²) in [6.07, 6.45) is -2.46. The van der Waals surface area contributed by atoms with Gasteiger partial charge in [0.15, 0.2) is 20.8 Å². The highest BCUT2D eigenvalue weighted by Gasteiger charge is 2.36. The zero-order valence-corrected chi connectivity index (χ0v) is 23.1. The predicted octanol–water partition coefficient (Wildman–Crippen LogP) is 6.46. The molecule has 3 aromatic carbocycles. The van der Waals surface area contributed by atoms with Crippen molar-refractivity contribution in [2.75, 3.05) is 15.8 Å². The number of alkyl halides is 3. The second-order valence-corrected chi connectivity index (χ2v) is 11.5. The number of ether oxygens (including phenoxy) is 1. The summed E-state index contributed by atoms with van der Waals surface area (Å²) in [6.45, 7) is 1.75. The molecule has 0 unspecified atom stereocenters. The molecule has 0 saturated heterocycles. The molecule has 1 aromatic heterocycles. The Kier molecular flexibility index (Phi) is 6.89. The summed E-state index contributed by atoms with van der Waals surface area (Å²) in [7, 11) is -3.45. The maximum atomic E-state index is 12.7. The third-order valence-electron chi connectivity index (χ3n) is 6.14. The van der Waals surface area contributed by atoms with Gasteiger partial charge in [0.25, 0.3) is 0 Å². The Balaban J connectivity index is 1.67. The average Bonchev–Trinajstić information content (AvgIpc) is 3.19. The van der Waals surface area contributed by atoms with E-state index in [0.29, 0.717) is 45.4 Å². The van der Waals surface area contributed by atoms with E-state index in [2.05, 4.69) is 9.72 Å². The lowest BCUT2D eigenvalue weighted by Crippen LogP contribution is -2.40. The fraction of sp³-hybridized carbons (Fsp3) is 0.115. The molecule has 208 valence electrons. The molecule has 5 rings (SSSR count). The summed E-state index contributed by atoms with van der Waals surface area (Å²) in [5.41, 5.74) is 9.20. The minimum absolute atomic E-state index is 0.110. The number of aryl methyl sites for hydroxylation is 1. The van der Waals surface area contributed by atoms with Crippen LogP contribution in [-0.4, -0.2) is 30.6 Å². The molecule has 2 heterocycles. The van der Waals surface area contributed by atoms with E-state index < -0.39 is 21.9 Å². The molecule has 2 N–H and O–H groups in total. The van der Waals surface area contributed by atoms with Gasteiger partial charge in [-0.05, 0) is 66.6 Å². The van der Waals surface area contributed by atoms with Crippen LogP contribution in [0, 0.1) is 6.92 Å². The first-order chi connectivity index (χ1) is 18.8. The van der Waals surface area contributed by atoms with Crippen LogP contribution in [0.4, 0.5) is 24.7 Å². The first-order valence-corrected chi connectivity index (χ1v) is 14.1. The van der Waals surface area contributed by atoms with Crippen LogP contribution in [-0.2, 0) is 9.84 Å². The van der Waals surface area contributed by atoms with E-state index in [1.165, 1.54) is 33.9 Å². The number of nitrogens with two attached hydrogens (primary N) is 1. The number of fused-ring (bicyclic) bond motifs is 3. The highest BCUT2D eigenvalue weighted by molar-refractivity contribution is 7.90. The Bertz CT molecular complexity index is 1760. The molecule has 8 nitrogen and oxygen atoms in total. The highest BCUT2D eigenvalue weighted by Crippen LogP contribution is 2.46. The van der Waals surface area contributed by atoms with Gasteiger partial charge in [-0.2, -0.15) is 4.53 Å². The molecular formula is C26H20Cl2F3N5O3S. The van der Waals surface area contributed by atoms with E-state index >= 15 is 0 Å². The van der Waals surface area contributed by atoms with E-state index in [1.807, 2.05) is 6.07 Å². The number of sulfone groups is 1. The van der Waals surface area contributed by atoms with Crippen molar-refractivity contribution in [3.63, 3.8) is 0 Å². The first-order valence-electron chi connectivity index (χ1n) is 11.5. The highest BCUT2D eigenvalue weighted by atomic mass is 35.5. The number of nitrogens with zero attached hydrogens (tertiary/aromatic N) is 4. The monoisotopic (exact) mass is 609 g/mol. The fourth-order valence-electron chi connectivity index (χ4n) is 4.43. The van der Waals surface area contributed by atoms with Crippen molar-refractivity contribution < 1.29 is 26.3 Å². The van der Waals surface area contributed by atoms with Gasteiger partial charge in [0.1, 0.15) is 11.6 Å². The van der Waals surface area contributed by atoms with Crippen LogP contribution < -0.4 is 20.0 Å². The van der Waals surface area contributed by atoms with Crippen molar-refractivity contribution in [3.8, 4) is 22.6 Å². The Morgan fingerprint density at radius 1 is 1.02 bits per heavy atom. The van der Waals surface area contributed by atoms with Crippen molar-refractivity contribution in [1.82, 2.24) is 9.55 Å². The largest absolute Gasteiger partial charge is 0.573 e. The van der Waals surface area contributed by atoms with Gasteiger partial charge in [0.2, 0.25) is 0 Å². The average molecular weight is 610 g/mol. The quantitative estimate of drug-likeness (QED) is 0.260. The predicted molar refractivity (Wildman–Crippen MR) is 148 cm³/mol. The van der Waals surface area contributed by atoms with Crippen LogP contribution in [0.2, 0.25) is 5.15 Å². The lowest BCUT2D eigenvalue weighted by Gasteiger charge is -2.39. The van der Waals surface area contributed by atoms with E-state index in [9.17, 15) is 21.6 Å². The first kappa shape index (κ1) is 27.7.